The molecule has 1 rings (SSSR count). The van der Waals surface area contributed by atoms with Crippen LogP contribution in [0, 0.1) is 11.6 Å². The van der Waals surface area contributed by atoms with Gasteiger partial charge in [-0.25, -0.2) is 13.6 Å². The molecule has 0 fully saturated rings. The molecule has 22 heavy (non-hydrogen) atoms. The van der Waals surface area contributed by atoms with Crippen molar-refractivity contribution in [1.82, 2.24) is 5.32 Å². The highest BCUT2D eigenvalue weighted by Gasteiger charge is 2.23. The lowest BCUT2D eigenvalue weighted by Gasteiger charge is -2.16. The van der Waals surface area contributed by atoms with Crippen molar-refractivity contribution >= 4 is 11.9 Å². The second-order valence-corrected chi connectivity index (χ2v) is 5.00. The van der Waals surface area contributed by atoms with Crippen molar-refractivity contribution in [2.75, 3.05) is 7.11 Å². The lowest BCUT2D eigenvalue weighted by Crippen LogP contribution is -2.41. The Hall–Kier alpha value is -1.98. The molecule has 0 heterocycles. The molecule has 1 N–H and O–H groups in total. The molecule has 0 unspecified atom stereocenters. The van der Waals surface area contributed by atoms with Crippen molar-refractivity contribution in [3.8, 4) is 0 Å². The third-order valence-corrected chi connectivity index (χ3v) is 3.33. The molecular formula is C16H21F2NO3. The highest BCUT2D eigenvalue weighted by atomic mass is 19.2. The zero-order chi connectivity index (χ0) is 16.5. The summed E-state index contributed by atoms with van der Waals surface area (Å²) in [5.41, 5.74) is -0.428. The number of carbonyl (C=O) groups excluding carboxylic acids is 2. The van der Waals surface area contributed by atoms with Crippen LogP contribution in [0.1, 0.15) is 49.4 Å². The number of amides is 1. The molecule has 0 spiro atoms. The summed E-state index contributed by atoms with van der Waals surface area (Å²) in [6.45, 7) is 2.06. The number of benzene rings is 1. The number of hydrogen-bond acceptors (Lipinski definition) is 3. The molecule has 0 radical (unpaired) electrons. The average molecular weight is 313 g/mol. The summed E-state index contributed by atoms with van der Waals surface area (Å²) >= 11 is 0. The van der Waals surface area contributed by atoms with Crippen LogP contribution in [-0.2, 0) is 9.53 Å². The lowest BCUT2D eigenvalue weighted by molar-refractivity contribution is -0.143. The van der Waals surface area contributed by atoms with E-state index in [4.69, 9.17) is 0 Å². The van der Waals surface area contributed by atoms with Gasteiger partial charge in [0.25, 0.3) is 5.91 Å². The van der Waals surface area contributed by atoms with Crippen molar-refractivity contribution in [3.05, 3.63) is 35.4 Å². The first-order valence-electron chi connectivity index (χ1n) is 7.34. The van der Waals surface area contributed by atoms with Gasteiger partial charge in [-0.1, -0.05) is 38.7 Å². The molecule has 122 valence electrons. The third kappa shape index (κ3) is 5.09. The largest absolute Gasteiger partial charge is 0.467 e. The summed E-state index contributed by atoms with van der Waals surface area (Å²) < 4.78 is 31.4. The Morgan fingerprint density at radius 2 is 1.95 bits per heavy atom. The minimum Gasteiger partial charge on any atom is -0.467 e. The Bertz CT molecular complexity index is 520. The predicted octanol–water partition coefficient (Wildman–Crippen LogP) is 3.21. The van der Waals surface area contributed by atoms with Crippen molar-refractivity contribution in [2.24, 2.45) is 0 Å². The zero-order valence-electron chi connectivity index (χ0n) is 12.8. The van der Waals surface area contributed by atoms with Gasteiger partial charge in [0.15, 0.2) is 11.6 Å². The van der Waals surface area contributed by atoms with Crippen LogP contribution in [-0.4, -0.2) is 25.0 Å². The summed E-state index contributed by atoms with van der Waals surface area (Å²) in [4.78, 5) is 23.7. The predicted molar refractivity (Wildman–Crippen MR) is 78.4 cm³/mol. The van der Waals surface area contributed by atoms with Gasteiger partial charge in [-0.05, 0) is 18.6 Å². The Labute approximate surface area is 128 Å². The Balaban J connectivity index is 2.73. The van der Waals surface area contributed by atoms with Gasteiger partial charge in [-0.15, -0.1) is 0 Å². The fraction of sp³-hybridized carbons (Fsp3) is 0.500. The maximum absolute atomic E-state index is 13.6. The van der Waals surface area contributed by atoms with Crippen LogP contribution < -0.4 is 5.32 Å². The Kier molecular flexibility index (Phi) is 7.49. The van der Waals surface area contributed by atoms with E-state index in [1.807, 2.05) is 0 Å². The molecule has 1 atom stereocenters. The zero-order valence-corrected chi connectivity index (χ0v) is 12.8. The van der Waals surface area contributed by atoms with Crippen LogP contribution in [0.5, 0.6) is 0 Å². The van der Waals surface area contributed by atoms with E-state index in [1.165, 1.54) is 19.2 Å². The fourth-order valence-corrected chi connectivity index (χ4v) is 2.08. The molecular weight excluding hydrogens is 292 g/mol. The van der Waals surface area contributed by atoms with E-state index >= 15 is 0 Å². The third-order valence-electron chi connectivity index (χ3n) is 3.33. The number of nitrogens with one attached hydrogen (secondary N) is 1. The molecule has 1 amide bonds. The monoisotopic (exact) mass is 313 g/mol. The van der Waals surface area contributed by atoms with Crippen LogP contribution in [0.2, 0.25) is 0 Å². The van der Waals surface area contributed by atoms with Gasteiger partial charge in [0.1, 0.15) is 6.04 Å². The molecule has 6 heteroatoms. The number of esters is 1. The van der Waals surface area contributed by atoms with Gasteiger partial charge in [0, 0.05) is 0 Å². The molecule has 1 aromatic carbocycles. The maximum atomic E-state index is 13.6. The molecule has 0 aliphatic carbocycles. The van der Waals surface area contributed by atoms with Gasteiger partial charge in [0.2, 0.25) is 0 Å². The topological polar surface area (TPSA) is 55.4 Å². The maximum Gasteiger partial charge on any atom is 0.328 e. The number of ether oxygens (including phenoxy) is 1. The molecule has 0 aromatic heterocycles. The summed E-state index contributed by atoms with van der Waals surface area (Å²) in [7, 11) is 1.22. The molecule has 0 saturated heterocycles. The van der Waals surface area contributed by atoms with Gasteiger partial charge in [0.05, 0.1) is 12.7 Å². The first kappa shape index (κ1) is 18.1. The number of methoxy groups -OCH3 is 1. The minimum absolute atomic E-state index is 0.398. The Morgan fingerprint density at radius 3 is 2.59 bits per heavy atom. The quantitative estimate of drug-likeness (QED) is 0.592. The van der Waals surface area contributed by atoms with Crippen LogP contribution in [0.15, 0.2) is 18.2 Å². The van der Waals surface area contributed by atoms with E-state index in [-0.39, 0.29) is 0 Å². The van der Waals surface area contributed by atoms with Crippen LogP contribution in [0.4, 0.5) is 8.78 Å². The van der Waals surface area contributed by atoms with Gasteiger partial charge < -0.3 is 10.1 Å². The van der Waals surface area contributed by atoms with Crippen molar-refractivity contribution in [1.29, 1.82) is 0 Å². The number of hydrogen-bond donors (Lipinski definition) is 1. The van der Waals surface area contributed by atoms with Crippen molar-refractivity contribution in [3.63, 3.8) is 0 Å². The number of carbonyl (C=O) groups is 2. The first-order chi connectivity index (χ1) is 10.5. The van der Waals surface area contributed by atoms with Gasteiger partial charge in [-0.3, -0.25) is 4.79 Å². The van der Waals surface area contributed by atoms with E-state index in [9.17, 15) is 18.4 Å². The van der Waals surface area contributed by atoms with Crippen molar-refractivity contribution in [2.45, 2.75) is 45.1 Å². The highest BCUT2D eigenvalue weighted by Crippen LogP contribution is 2.13. The molecule has 0 bridgehead atoms. The number of rotatable bonds is 8. The fourth-order valence-electron chi connectivity index (χ4n) is 2.08. The average Bonchev–Trinajstić information content (AvgIpc) is 2.52. The summed E-state index contributed by atoms with van der Waals surface area (Å²) in [6.07, 6.45) is 4.13. The summed E-state index contributed by atoms with van der Waals surface area (Å²) in [6, 6.07) is 2.47. The second kappa shape index (κ2) is 9.12. The number of unbranched alkanes of at least 4 members (excludes halogenated alkanes) is 3. The second-order valence-electron chi connectivity index (χ2n) is 5.00. The van der Waals surface area contributed by atoms with Crippen molar-refractivity contribution < 1.29 is 23.1 Å². The molecule has 1 aromatic rings. The molecule has 0 aliphatic heterocycles. The lowest BCUT2D eigenvalue weighted by atomic mass is 10.1. The summed E-state index contributed by atoms with van der Waals surface area (Å²) in [5.74, 6) is -3.76. The standard InChI is InChI=1S/C16H21F2NO3/c1-3-4-5-6-10-13(16(21)22-2)19-15(20)11-8-7-9-12(17)14(11)18/h7-9,13H,3-6,10H2,1-2H3,(H,19,20)/t13-/m0/s1. The van der Waals surface area contributed by atoms with E-state index in [1.54, 1.807) is 0 Å². The molecule has 4 nitrogen and oxygen atoms in total. The van der Waals surface area contributed by atoms with Gasteiger partial charge >= 0.3 is 5.97 Å². The first-order valence-corrected chi connectivity index (χ1v) is 7.34. The molecule has 0 aliphatic rings. The van der Waals surface area contributed by atoms with Gasteiger partial charge in [-0.2, -0.15) is 0 Å². The minimum atomic E-state index is -1.23. The highest BCUT2D eigenvalue weighted by molar-refractivity contribution is 5.97. The van der Waals surface area contributed by atoms with E-state index in [2.05, 4.69) is 17.0 Å². The van der Waals surface area contributed by atoms with Crippen LogP contribution in [0.3, 0.4) is 0 Å². The SMILES string of the molecule is CCCCCC[C@H](NC(=O)c1cccc(F)c1F)C(=O)OC. The summed E-state index contributed by atoms with van der Waals surface area (Å²) in [5, 5.41) is 2.41. The molecule has 0 saturated carbocycles. The van der Waals surface area contributed by atoms with Crippen LogP contribution >= 0.6 is 0 Å². The number of halogens is 2. The smallest absolute Gasteiger partial charge is 0.328 e. The van der Waals surface area contributed by atoms with E-state index in [0.29, 0.717) is 6.42 Å². The van der Waals surface area contributed by atoms with Crippen LogP contribution in [0.25, 0.3) is 0 Å². The normalized spacial score (nSPS) is 11.8. The Morgan fingerprint density at radius 1 is 1.23 bits per heavy atom. The van der Waals surface area contributed by atoms with E-state index in [0.717, 1.165) is 31.7 Å². The van der Waals surface area contributed by atoms with E-state index < -0.39 is 35.1 Å².